The van der Waals surface area contributed by atoms with E-state index in [1.54, 1.807) is 0 Å². The maximum atomic E-state index is 11.4. The van der Waals surface area contributed by atoms with Crippen LogP contribution < -0.4 is 16.4 Å². The molecule has 0 spiro atoms. The first-order valence-electron chi connectivity index (χ1n) is 5.52. The largest absolute Gasteiger partial charge is 0.480 e. The second kappa shape index (κ2) is 6.92. The van der Waals surface area contributed by atoms with Gasteiger partial charge in [0.2, 0.25) is 11.8 Å². The van der Waals surface area contributed by atoms with Gasteiger partial charge in [-0.05, 0) is 12.1 Å². The van der Waals surface area contributed by atoms with Crippen LogP contribution in [0.1, 0.15) is 17.0 Å². The van der Waals surface area contributed by atoms with Crippen molar-refractivity contribution in [1.82, 2.24) is 10.6 Å². The van der Waals surface area contributed by atoms with Crippen LogP contribution in [0.5, 0.6) is 0 Å². The molecule has 108 valence electrons. The average molecular weight is 283 g/mol. The van der Waals surface area contributed by atoms with E-state index in [0.29, 0.717) is 0 Å². The number of carboxylic acids is 1. The first kappa shape index (κ1) is 15.2. The van der Waals surface area contributed by atoms with Gasteiger partial charge in [-0.1, -0.05) is 0 Å². The van der Waals surface area contributed by atoms with Crippen molar-refractivity contribution in [3.8, 4) is 0 Å². The molecule has 0 unspecified atom stereocenters. The summed E-state index contributed by atoms with van der Waals surface area (Å²) in [4.78, 5) is 44.3. The molecule has 9 heteroatoms. The summed E-state index contributed by atoms with van der Waals surface area (Å²) in [5, 5.41) is 13.1. The van der Waals surface area contributed by atoms with Crippen molar-refractivity contribution in [1.29, 1.82) is 0 Å². The van der Waals surface area contributed by atoms with Gasteiger partial charge in [0.15, 0.2) is 5.76 Å². The molecule has 3 amide bonds. The average Bonchev–Trinajstić information content (AvgIpc) is 2.88. The molecule has 1 aromatic rings. The summed E-state index contributed by atoms with van der Waals surface area (Å²) in [5.74, 6) is -3.62. The molecule has 0 saturated heterocycles. The number of furan rings is 1. The van der Waals surface area contributed by atoms with E-state index < -0.39 is 42.7 Å². The van der Waals surface area contributed by atoms with Crippen molar-refractivity contribution in [2.45, 2.75) is 12.5 Å². The summed E-state index contributed by atoms with van der Waals surface area (Å²) in [6.07, 6.45) is 0.759. The molecule has 1 rings (SSSR count). The number of nitrogens with two attached hydrogens (primary N) is 1. The van der Waals surface area contributed by atoms with Gasteiger partial charge in [0.25, 0.3) is 5.91 Å². The smallest absolute Gasteiger partial charge is 0.326 e. The minimum Gasteiger partial charge on any atom is -0.480 e. The van der Waals surface area contributed by atoms with E-state index in [4.69, 9.17) is 15.3 Å². The van der Waals surface area contributed by atoms with Crippen LogP contribution in [0.25, 0.3) is 0 Å². The van der Waals surface area contributed by atoms with Crippen molar-refractivity contribution in [3.63, 3.8) is 0 Å². The summed E-state index contributed by atoms with van der Waals surface area (Å²) in [7, 11) is 0. The van der Waals surface area contributed by atoms with Gasteiger partial charge in [-0.15, -0.1) is 0 Å². The monoisotopic (exact) mass is 283 g/mol. The minimum atomic E-state index is -1.43. The molecule has 0 radical (unpaired) electrons. The number of primary amides is 1. The third kappa shape index (κ3) is 4.80. The molecule has 5 N–H and O–H groups in total. The Morgan fingerprint density at radius 3 is 2.55 bits per heavy atom. The molecule has 0 bridgehead atoms. The van der Waals surface area contributed by atoms with E-state index in [2.05, 4.69) is 10.6 Å². The number of hydrogen-bond donors (Lipinski definition) is 4. The third-order valence-corrected chi connectivity index (χ3v) is 2.19. The molecule has 0 aliphatic carbocycles. The highest BCUT2D eigenvalue weighted by Gasteiger charge is 2.22. The zero-order chi connectivity index (χ0) is 15.1. The van der Waals surface area contributed by atoms with E-state index in [1.807, 2.05) is 0 Å². The zero-order valence-corrected chi connectivity index (χ0v) is 10.3. The van der Waals surface area contributed by atoms with E-state index in [0.717, 1.165) is 0 Å². The molecular formula is C11H13N3O6. The number of nitrogens with one attached hydrogen (secondary N) is 2. The first-order valence-corrected chi connectivity index (χ1v) is 5.52. The van der Waals surface area contributed by atoms with E-state index in [9.17, 15) is 19.2 Å². The fraction of sp³-hybridized carbons (Fsp3) is 0.273. The Morgan fingerprint density at radius 1 is 1.35 bits per heavy atom. The van der Waals surface area contributed by atoms with E-state index in [-0.39, 0.29) is 5.76 Å². The number of carbonyl (C=O) groups is 4. The summed E-state index contributed by atoms with van der Waals surface area (Å²) < 4.78 is 4.80. The number of carbonyl (C=O) groups excluding carboxylic acids is 3. The maximum absolute atomic E-state index is 11.4. The SMILES string of the molecule is NC(=O)C[C@H](NC(=O)CNC(=O)c1ccco1)C(=O)O. The van der Waals surface area contributed by atoms with E-state index in [1.165, 1.54) is 18.4 Å². The maximum Gasteiger partial charge on any atom is 0.326 e. The van der Waals surface area contributed by atoms with Gasteiger partial charge in [-0.2, -0.15) is 0 Å². The van der Waals surface area contributed by atoms with Crippen LogP contribution >= 0.6 is 0 Å². The zero-order valence-electron chi connectivity index (χ0n) is 10.3. The van der Waals surface area contributed by atoms with E-state index >= 15 is 0 Å². The number of hydrogen-bond acceptors (Lipinski definition) is 5. The molecule has 0 saturated carbocycles. The van der Waals surface area contributed by atoms with Crippen molar-refractivity contribution < 1.29 is 28.7 Å². The second-order valence-corrected chi connectivity index (χ2v) is 3.79. The molecule has 9 nitrogen and oxygen atoms in total. The lowest BCUT2D eigenvalue weighted by molar-refractivity contribution is -0.143. The fourth-order valence-corrected chi connectivity index (χ4v) is 1.30. The topological polar surface area (TPSA) is 152 Å². The Hall–Kier alpha value is -2.84. The Bertz CT molecular complexity index is 510. The van der Waals surface area contributed by atoms with Crippen LogP contribution in [-0.4, -0.2) is 41.4 Å². The molecule has 0 fully saturated rings. The van der Waals surface area contributed by atoms with Gasteiger partial charge in [0, 0.05) is 0 Å². The van der Waals surface area contributed by atoms with Gasteiger partial charge in [0.1, 0.15) is 6.04 Å². The molecule has 1 heterocycles. The summed E-state index contributed by atoms with van der Waals surface area (Å²) in [6, 6.07) is 1.48. The molecule has 0 aromatic carbocycles. The number of amides is 3. The predicted octanol–water partition coefficient (Wildman–Crippen LogP) is -1.55. The molecule has 20 heavy (non-hydrogen) atoms. The van der Waals surface area contributed by atoms with Crippen LogP contribution in [-0.2, 0) is 14.4 Å². The lowest BCUT2D eigenvalue weighted by atomic mass is 10.2. The Kier molecular flexibility index (Phi) is 5.27. The number of rotatable bonds is 7. The number of aliphatic carboxylic acids is 1. The fourth-order valence-electron chi connectivity index (χ4n) is 1.30. The highest BCUT2D eigenvalue weighted by Crippen LogP contribution is 1.98. The van der Waals surface area contributed by atoms with Gasteiger partial charge in [-0.25, -0.2) is 4.79 Å². The van der Waals surface area contributed by atoms with Gasteiger partial charge >= 0.3 is 5.97 Å². The highest BCUT2D eigenvalue weighted by molar-refractivity contribution is 5.95. The minimum absolute atomic E-state index is 0.0183. The summed E-state index contributed by atoms with van der Waals surface area (Å²) in [5.41, 5.74) is 4.86. The van der Waals surface area contributed by atoms with Crippen molar-refractivity contribution in [2.75, 3.05) is 6.54 Å². The molecule has 1 aromatic heterocycles. The quantitative estimate of drug-likeness (QED) is 0.475. The lowest BCUT2D eigenvalue weighted by Crippen LogP contribution is -2.47. The van der Waals surface area contributed by atoms with Gasteiger partial charge < -0.3 is 25.9 Å². The Morgan fingerprint density at radius 2 is 2.05 bits per heavy atom. The van der Waals surface area contributed by atoms with Crippen LogP contribution in [0.15, 0.2) is 22.8 Å². The van der Waals surface area contributed by atoms with Gasteiger partial charge in [0.05, 0.1) is 19.2 Å². The van der Waals surface area contributed by atoms with Crippen molar-refractivity contribution >= 4 is 23.7 Å². The summed E-state index contributed by atoms with van der Waals surface area (Å²) >= 11 is 0. The summed E-state index contributed by atoms with van der Waals surface area (Å²) in [6.45, 7) is -0.456. The number of carboxylic acid groups (broad SMARTS) is 1. The molecule has 0 aliphatic rings. The normalized spacial score (nSPS) is 11.4. The standard InChI is InChI=1S/C11H13N3O6/c12-8(15)4-6(11(18)19)14-9(16)5-13-10(17)7-2-1-3-20-7/h1-3,6H,4-5H2,(H2,12,15)(H,13,17)(H,14,16)(H,18,19)/t6-/m0/s1. The Balaban J connectivity index is 2.44. The third-order valence-electron chi connectivity index (χ3n) is 2.19. The van der Waals surface area contributed by atoms with Crippen LogP contribution in [0.3, 0.4) is 0 Å². The van der Waals surface area contributed by atoms with Crippen LogP contribution in [0, 0.1) is 0 Å². The van der Waals surface area contributed by atoms with Crippen molar-refractivity contribution in [3.05, 3.63) is 24.2 Å². The molecule has 0 aliphatic heterocycles. The van der Waals surface area contributed by atoms with Crippen LogP contribution in [0.2, 0.25) is 0 Å². The Labute approximate surface area is 113 Å². The van der Waals surface area contributed by atoms with Gasteiger partial charge in [-0.3, -0.25) is 14.4 Å². The second-order valence-electron chi connectivity index (χ2n) is 3.79. The molecular weight excluding hydrogens is 270 g/mol. The predicted molar refractivity (Wildman–Crippen MR) is 64.4 cm³/mol. The molecule has 1 atom stereocenters. The first-order chi connectivity index (χ1) is 9.40. The van der Waals surface area contributed by atoms with Crippen LogP contribution in [0.4, 0.5) is 0 Å². The van der Waals surface area contributed by atoms with Crippen molar-refractivity contribution in [2.24, 2.45) is 5.73 Å². The lowest BCUT2D eigenvalue weighted by Gasteiger charge is -2.12. The highest BCUT2D eigenvalue weighted by atomic mass is 16.4.